The Hall–Kier alpha value is -2.74. The molecule has 0 saturated carbocycles. The van der Waals surface area contributed by atoms with Crippen molar-refractivity contribution >= 4 is 23.1 Å². The molecule has 2 heterocycles. The lowest BCUT2D eigenvalue weighted by Gasteiger charge is -2.17. The third-order valence-corrected chi connectivity index (χ3v) is 3.90. The van der Waals surface area contributed by atoms with Crippen molar-refractivity contribution in [2.24, 2.45) is 0 Å². The van der Waals surface area contributed by atoms with Gasteiger partial charge in [0.25, 0.3) is 0 Å². The summed E-state index contributed by atoms with van der Waals surface area (Å²) in [4.78, 5) is 3.53. The van der Waals surface area contributed by atoms with E-state index in [2.05, 4.69) is 77.1 Å². The Morgan fingerprint density at radius 3 is 2.81 bits per heavy atom. The Morgan fingerprint density at radius 1 is 0.905 bits per heavy atom. The fourth-order valence-electron chi connectivity index (χ4n) is 2.86. The first kappa shape index (κ1) is 12.0. The van der Waals surface area contributed by atoms with Gasteiger partial charge in [-0.05, 0) is 30.0 Å². The van der Waals surface area contributed by atoms with Crippen LogP contribution in [-0.4, -0.2) is 11.0 Å². The number of H-pyrrole nitrogens is 1. The minimum atomic E-state index is 0.219. The third-order valence-electron chi connectivity index (χ3n) is 3.90. The molecule has 1 aromatic carbocycles. The van der Waals surface area contributed by atoms with Crippen LogP contribution in [0.3, 0.4) is 0 Å². The maximum atomic E-state index is 3.53. The van der Waals surface area contributed by atoms with Gasteiger partial charge in [0, 0.05) is 22.2 Å². The minimum absolute atomic E-state index is 0.219. The normalized spacial score (nSPS) is 19.8. The molecule has 1 unspecified atom stereocenters. The zero-order valence-corrected chi connectivity index (χ0v) is 11.6. The molecule has 2 nitrogen and oxygen atoms in total. The molecule has 102 valence electrons. The van der Waals surface area contributed by atoms with Crippen LogP contribution in [0, 0.1) is 0 Å². The van der Waals surface area contributed by atoms with Gasteiger partial charge in [-0.2, -0.15) is 0 Å². The number of benzene rings is 1. The first-order valence-corrected chi connectivity index (χ1v) is 7.18. The number of aromatic amines is 1. The number of hydrogen-bond acceptors (Lipinski definition) is 1. The zero-order chi connectivity index (χ0) is 14.1. The quantitative estimate of drug-likeness (QED) is 0.740. The van der Waals surface area contributed by atoms with E-state index in [4.69, 9.17) is 0 Å². The van der Waals surface area contributed by atoms with E-state index in [-0.39, 0.29) is 6.04 Å². The number of aromatic nitrogens is 1. The third kappa shape index (κ3) is 2.15. The summed E-state index contributed by atoms with van der Waals surface area (Å²) < 4.78 is 0. The van der Waals surface area contributed by atoms with Gasteiger partial charge in [-0.3, -0.25) is 0 Å². The average Bonchev–Trinajstić information content (AvgIpc) is 2.87. The van der Waals surface area contributed by atoms with Crippen molar-refractivity contribution in [3.05, 3.63) is 83.8 Å². The summed E-state index contributed by atoms with van der Waals surface area (Å²) in [5.74, 6) is 0. The number of para-hydroxylation sites is 1. The molecule has 0 saturated heterocycles. The highest BCUT2D eigenvalue weighted by Gasteiger charge is 2.13. The molecule has 1 aliphatic heterocycles. The van der Waals surface area contributed by atoms with Crippen LogP contribution in [0.5, 0.6) is 0 Å². The van der Waals surface area contributed by atoms with Crippen LogP contribution in [0.15, 0.2) is 72.5 Å². The van der Waals surface area contributed by atoms with Gasteiger partial charge in [0.1, 0.15) is 0 Å². The van der Waals surface area contributed by atoms with Crippen molar-refractivity contribution in [1.29, 1.82) is 0 Å². The number of rotatable bonds is 0. The number of nitrogens with one attached hydrogen (secondary N) is 2. The highest BCUT2D eigenvalue weighted by atomic mass is 14.9. The van der Waals surface area contributed by atoms with Crippen molar-refractivity contribution in [1.82, 2.24) is 10.3 Å². The second kappa shape index (κ2) is 4.98. The highest BCUT2D eigenvalue weighted by molar-refractivity contribution is 5.93. The van der Waals surface area contributed by atoms with E-state index < -0.39 is 0 Å². The molecule has 2 aliphatic rings. The van der Waals surface area contributed by atoms with Crippen LogP contribution in [0.25, 0.3) is 23.1 Å². The summed E-state index contributed by atoms with van der Waals surface area (Å²) in [7, 11) is 0. The van der Waals surface area contributed by atoms with E-state index in [0.717, 1.165) is 5.69 Å². The lowest BCUT2D eigenvalue weighted by atomic mass is 9.99. The van der Waals surface area contributed by atoms with Crippen LogP contribution in [0.1, 0.15) is 11.3 Å². The molecule has 0 radical (unpaired) electrons. The van der Waals surface area contributed by atoms with Gasteiger partial charge in [0.05, 0.1) is 6.04 Å². The fraction of sp³-hybridized carbons (Fsp3) is 0.0526. The molecular weight excluding hydrogens is 256 g/mol. The predicted molar refractivity (Wildman–Crippen MR) is 89.7 cm³/mol. The Labute approximate surface area is 123 Å². The van der Waals surface area contributed by atoms with Gasteiger partial charge in [-0.25, -0.2) is 0 Å². The van der Waals surface area contributed by atoms with E-state index in [9.17, 15) is 0 Å². The maximum Gasteiger partial charge on any atom is 0.0696 e. The number of hydrogen-bond donors (Lipinski definition) is 2. The Morgan fingerprint density at radius 2 is 1.81 bits per heavy atom. The highest BCUT2D eigenvalue weighted by Crippen LogP contribution is 2.27. The number of allylic oxidation sites excluding steroid dienone is 4. The van der Waals surface area contributed by atoms with E-state index in [0.29, 0.717) is 0 Å². The second-order valence-electron chi connectivity index (χ2n) is 5.25. The molecule has 1 aromatic heterocycles. The van der Waals surface area contributed by atoms with E-state index >= 15 is 0 Å². The van der Waals surface area contributed by atoms with Crippen molar-refractivity contribution in [3.63, 3.8) is 0 Å². The van der Waals surface area contributed by atoms with Gasteiger partial charge in [0.2, 0.25) is 0 Å². The summed E-state index contributed by atoms with van der Waals surface area (Å²) in [6.07, 6.45) is 19.0. The van der Waals surface area contributed by atoms with Crippen LogP contribution in [-0.2, 0) is 0 Å². The molecule has 2 N–H and O–H groups in total. The Balaban J connectivity index is 1.96. The van der Waals surface area contributed by atoms with Crippen molar-refractivity contribution in [2.75, 3.05) is 0 Å². The lowest BCUT2D eigenvalue weighted by molar-refractivity contribution is 0.810. The van der Waals surface area contributed by atoms with Crippen molar-refractivity contribution in [3.8, 4) is 0 Å². The summed E-state index contributed by atoms with van der Waals surface area (Å²) in [6.45, 7) is 0. The van der Waals surface area contributed by atoms with Gasteiger partial charge in [0.15, 0.2) is 0 Å². The number of fused-ring (bicyclic) bond motifs is 4. The van der Waals surface area contributed by atoms with Crippen LogP contribution < -0.4 is 5.32 Å². The lowest BCUT2D eigenvalue weighted by Crippen LogP contribution is -2.24. The van der Waals surface area contributed by atoms with Crippen LogP contribution in [0.4, 0.5) is 0 Å². The fourth-order valence-corrected chi connectivity index (χ4v) is 2.86. The molecule has 2 aromatic rings. The van der Waals surface area contributed by atoms with Gasteiger partial charge in [-0.1, -0.05) is 54.7 Å². The first-order valence-electron chi connectivity index (χ1n) is 7.18. The second-order valence-corrected chi connectivity index (χ2v) is 5.25. The van der Waals surface area contributed by atoms with Crippen LogP contribution in [0.2, 0.25) is 0 Å². The van der Waals surface area contributed by atoms with Gasteiger partial charge < -0.3 is 10.3 Å². The molecule has 21 heavy (non-hydrogen) atoms. The van der Waals surface area contributed by atoms with E-state index in [1.807, 2.05) is 12.3 Å². The maximum absolute atomic E-state index is 3.53. The summed E-state index contributed by atoms with van der Waals surface area (Å²) in [5.41, 5.74) is 4.83. The van der Waals surface area contributed by atoms with Gasteiger partial charge in [-0.15, -0.1) is 0 Å². The molecular formula is C19H16N2. The monoisotopic (exact) mass is 272 g/mol. The van der Waals surface area contributed by atoms with Gasteiger partial charge >= 0.3 is 0 Å². The molecule has 0 spiro atoms. The average molecular weight is 272 g/mol. The van der Waals surface area contributed by atoms with E-state index in [1.54, 1.807) is 0 Å². The molecule has 4 rings (SSSR count). The molecule has 0 fully saturated rings. The van der Waals surface area contributed by atoms with Crippen LogP contribution >= 0.6 is 0 Å². The van der Waals surface area contributed by atoms with Crippen molar-refractivity contribution < 1.29 is 0 Å². The smallest absolute Gasteiger partial charge is 0.0696 e. The molecule has 0 bridgehead atoms. The molecule has 1 aliphatic carbocycles. The van der Waals surface area contributed by atoms with Crippen molar-refractivity contribution in [2.45, 2.75) is 6.04 Å². The summed E-state index contributed by atoms with van der Waals surface area (Å²) in [6, 6.07) is 8.65. The Bertz CT molecular complexity index is 828. The molecule has 0 amide bonds. The SMILES string of the molecule is C1=CNC2C=CC=CC2=Cc2[nH]c3ccccc3c2C=C1. The molecule has 2 heteroatoms. The topological polar surface area (TPSA) is 27.8 Å². The first-order chi connectivity index (χ1) is 10.4. The largest absolute Gasteiger partial charge is 0.381 e. The zero-order valence-electron chi connectivity index (χ0n) is 11.6. The summed E-state index contributed by atoms with van der Waals surface area (Å²) in [5, 5.41) is 4.66. The predicted octanol–water partition coefficient (Wildman–Crippen LogP) is 4.18. The molecule has 1 atom stereocenters. The summed E-state index contributed by atoms with van der Waals surface area (Å²) >= 11 is 0. The standard InChI is InChI=1S/C19H16N2/c1-3-10-17-14(7-1)13-19-16(9-5-6-12-20-17)15-8-2-4-11-18(15)21-19/h1-13,17,20-21H. The minimum Gasteiger partial charge on any atom is -0.381 e. The Kier molecular flexibility index (Phi) is 2.86. The van der Waals surface area contributed by atoms with E-state index in [1.165, 1.54) is 22.0 Å².